The zero-order chi connectivity index (χ0) is 56.4. The lowest BCUT2D eigenvalue weighted by atomic mass is 10.0. The highest BCUT2D eigenvalue weighted by Gasteiger charge is 2.29. The highest BCUT2D eigenvalue weighted by molar-refractivity contribution is 7.45. The number of quaternary nitrogens is 1. The monoisotopic (exact) mass is 1100 g/mol. The van der Waals surface area contributed by atoms with Gasteiger partial charge in [-0.05, 0) is 89.9 Å². The number of hydrogen-bond acceptors (Lipinski definition) is 7. The van der Waals surface area contributed by atoms with Crippen molar-refractivity contribution in [3.8, 4) is 0 Å². The molecule has 0 aromatic carbocycles. The van der Waals surface area contributed by atoms with E-state index in [2.05, 4.69) is 79.9 Å². The summed E-state index contributed by atoms with van der Waals surface area (Å²) in [6, 6.07) is -1.10. The molecule has 0 radical (unpaired) electrons. The Kier molecular flexibility index (Phi) is 56.0. The van der Waals surface area contributed by atoms with Gasteiger partial charge in [-0.3, -0.25) is 9.36 Å². The van der Waals surface area contributed by atoms with E-state index in [0.717, 1.165) is 57.8 Å². The number of carbonyl (C=O) groups excluding carboxylic acids is 1. The van der Waals surface area contributed by atoms with Gasteiger partial charge in [0.15, 0.2) is 0 Å². The molecule has 0 saturated heterocycles. The van der Waals surface area contributed by atoms with Crippen LogP contribution in [-0.2, 0) is 18.4 Å². The third-order valence-corrected chi connectivity index (χ3v) is 15.8. The summed E-state index contributed by atoms with van der Waals surface area (Å²) < 4.78 is 23.3. The summed E-state index contributed by atoms with van der Waals surface area (Å²) >= 11 is 0. The largest absolute Gasteiger partial charge is 0.756 e. The smallest absolute Gasteiger partial charge is 0.268 e. The number of hydrogen-bond donors (Lipinski definition) is 3. The van der Waals surface area contributed by atoms with Crippen LogP contribution in [0.4, 0.5) is 0 Å². The molecule has 0 heterocycles. The zero-order valence-corrected chi connectivity index (χ0v) is 52.2. The van der Waals surface area contributed by atoms with E-state index < -0.39 is 32.7 Å². The number of nitrogens with one attached hydrogen (secondary N) is 1. The lowest BCUT2D eigenvalue weighted by molar-refractivity contribution is -0.870. The summed E-state index contributed by atoms with van der Waals surface area (Å²) in [6.07, 6.45) is 74.9. The molecule has 0 aliphatic heterocycles. The fourth-order valence-electron chi connectivity index (χ4n) is 9.63. The molecule has 0 fully saturated rings. The number of aliphatic hydroxyl groups excluding tert-OH is 2. The highest BCUT2D eigenvalue weighted by atomic mass is 31.2. The lowest BCUT2D eigenvalue weighted by Gasteiger charge is -2.31. The first-order valence-electron chi connectivity index (χ1n) is 32.7. The maximum atomic E-state index is 13.0. The van der Waals surface area contributed by atoms with Crippen LogP contribution in [0, 0.1) is 0 Å². The molecule has 0 aliphatic rings. The van der Waals surface area contributed by atoms with E-state index in [4.69, 9.17) is 9.05 Å². The maximum Gasteiger partial charge on any atom is 0.268 e. The number of rotatable bonds is 60. The van der Waals surface area contributed by atoms with E-state index in [0.29, 0.717) is 30.3 Å². The number of unbranched alkanes of at least 4 members (excludes halogenated alkanes) is 36. The van der Waals surface area contributed by atoms with Crippen molar-refractivity contribution in [2.45, 2.75) is 321 Å². The molecule has 1 amide bonds. The quantitative estimate of drug-likeness (QED) is 0.0239. The minimum Gasteiger partial charge on any atom is -0.756 e. The molecule has 0 spiro atoms. The van der Waals surface area contributed by atoms with E-state index in [1.54, 1.807) is 0 Å². The Labute approximate surface area is 477 Å². The van der Waals surface area contributed by atoms with Gasteiger partial charge in [0.05, 0.1) is 39.9 Å². The van der Waals surface area contributed by atoms with Gasteiger partial charge in [0, 0.05) is 6.42 Å². The van der Waals surface area contributed by atoms with Crippen molar-refractivity contribution < 1.29 is 38.0 Å². The number of likely N-dealkylation sites (N-methyl/N-ethyl adjacent to an activating group) is 1. The van der Waals surface area contributed by atoms with Crippen LogP contribution in [-0.4, -0.2) is 79.8 Å². The van der Waals surface area contributed by atoms with E-state index in [1.807, 2.05) is 21.1 Å². The van der Waals surface area contributed by atoms with Crippen LogP contribution in [0.3, 0.4) is 0 Å². The summed E-state index contributed by atoms with van der Waals surface area (Å²) in [7, 11) is 1.10. The van der Waals surface area contributed by atoms with Gasteiger partial charge in [-0.15, -0.1) is 0 Å². The maximum absolute atomic E-state index is 13.0. The third-order valence-electron chi connectivity index (χ3n) is 14.8. The number of aliphatic hydroxyl groups is 2. The topological polar surface area (TPSA) is 128 Å². The van der Waals surface area contributed by atoms with Crippen LogP contribution in [0.2, 0.25) is 0 Å². The molecule has 0 aliphatic carbocycles. The molecule has 0 aromatic heterocycles. The van der Waals surface area contributed by atoms with Gasteiger partial charge >= 0.3 is 0 Å². The number of carbonyl (C=O) groups is 1. The molecular weight excluding hydrogens is 976 g/mol. The van der Waals surface area contributed by atoms with Gasteiger partial charge in [-0.2, -0.15) is 0 Å². The second kappa shape index (κ2) is 57.4. The second-order valence-electron chi connectivity index (χ2n) is 23.6. The van der Waals surface area contributed by atoms with Crippen molar-refractivity contribution in [3.63, 3.8) is 0 Å². The fourth-order valence-corrected chi connectivity index (χ4v) is 10.4. The Morgan fingerprint density at radius 2 is 0.792 bits per heavy atom. The van der Waals surface area contributed by atoms with E-state index in [9.17, 15) is 24.5 Å². The van der Waals surface area contributed by atoms with Gasteiger partial charge in [-0.25, -0.2) is 0 Å². The first-order chi connectivity index (χ1) is 37.4. The van der Waals surface area contributed by atoms with Crippen LogP contribution in [0.15, 0.2) is 60.8 Å². The molecule has 452 valence electrons. The number of phosphoric ester groups is 1. The number of allylic oxidation sites excluding steroid dienone is 10. The van der Waals surface area contributed by atoms with Gasteiger partial charge in [0.25, 0.3) is 7.82 Å². The van der Waals surface area contributed by atoms with Gasteiger partial charge < -0.3 is 34.0 Å². The number of nitrogens with zero attached hydrogens (tertiary/aromatic N) is 1. The molecule has 0 bridgehead atoms. The minimum absolute atomic E-state index is 0.0484. The Bertz CT molecular complexity index is 1460. The van der Waals surface area contributed by atoms with Gasteiger partial charge in [-0.1, -0.05) is 267 Å². The molecule has 77 heavy (non-hydrogen) atoms. The Morgan fingerprint density at radius 1 is 0.468 bits per heavy atom. The van der Waals surface area contributed by atoms with Crippen molar-refractivity contribution in [1.29, 1.82) is 0 Å². The Morgan fingerprint density at radius 3 is 1.21 bits per heavy atom. The standard InChI is InChI=1S/C67H127N2O7P/c1-6-8-10-12-14-16-18-20-21-22-23-24-25-26-27-28-29-30-31-32-33-34-35-36-37-38-39-40-41-42-43-44-45-46-47-48-50-52-54-56-58-60-66(71)68-64(63-76-77(73,74)75-62-61-69(3,4)5)67(72)65(70)59-57-55-53-51-49-19-17-15-13-11-9-7-2/h15,17-18,20,22-23,25-26,51,53,64-65,67,70,72H,6-14,16,19,21,24,27-50,52,54-63H2,1-5H3,(H-,68,71,73,74)/b17-15+,20-18-,23-22-,26-25-,53-51+. The van der Waals surface area contributed by atoms with Gasteiger partial charge in [0.1, 0.15) is 19.3 Å². The summed E-state index contributed by atoms with van der Waals surface area (Å²) in [4.78, 5) is 25.5. The first kappa shape index (κ1) is 75.2. The third kappa shape index (κ3) is 58.6. The van der Waals surface area contributed by atoms with Crippen LogP contribution in [0.5, 0.6) is 0 Å². The molecule has 4 atom stereocenters. The number of amides is 1. The summed E-state index contributed by atoms with van der Waals surface area (Å²) in [6.45, 7) is 4.38. The van der Waals surface area contributed by atoms with E-state index in [-0.39, 0.29) is 18.9 Å². The van der Waals surface area contributed by atoms with Crippen LogP contribution in [0.25, 0.3) is 0 Å². The predicted octanol–water partition coefficient (Wildman–Crippen LogP) is 18.8. The summed E-state index contributed by atoms with van der Waals surface area (Å²) in [5, 5.41) is 24.7. The molecule has 10 heteroatoms. The normalized spacial score (nSPS) is 14.5. The van der Waals surface area contributed by atoms with E-state index >= 15 is 0 Å². The molecule has 3 N–H and O–H groups in total. The van der Waals surface area contributed by atoms with Crippen LogP contribution in [0.1, 0.15) is 303 Å². The van der Waals surface area contributed by atoms with Crippen molar-refractivity contribution in [2.75, 3.05) is 40.9 Å². The molecule has 0 saturated carbocycles. The fraction of sp³-hybridized carbons (Fsp3) is 0.836. The number of phosphoric acid groups is 1. The molecule has 0 rings (SSSR count). The average Bonchev–Trinajstić information content (AvgIpc) is 3.39. The summed E-state index contributed by atoms with van der Waals surface area (Å²) in [5.74, 6) is -0.289. The van der Waals surface area contributed by atoms with Crippen molar-refractivity contribution in [2.24, 2.45) is 0 Å². The van der Waals surface area contributed by atoms with E-state index in [1.165, 1.54) is 205 Å². The lowest BCUT2D eigenvalue weighted by Crippen LogP contribution is -2.51. The molecule has 4 unspecified atom stereocenters. The summed E-state index contributed by atoms with van der Waals surface area (Å²) in [5.41, 5.74) is 0. The van der Waals surface area contributed by atoms with Crippen LogP contribution >= 0.6 is 7.82 Å². The SMILES string of the molecule is CCCCC/C=C/CC/C=C/CCCC(O)C(O)C(COP(=O)([O-])OCC[N+](C)(C)C)NC(=O)CCCCCCCCCCCCCCCCCCCCCCCCCCCC/C=C\C/C=C\C/C=C\CCCCCCC. The Balaban J connectivity index is 3.91. The second-order valence-corrected chi connectivity index (χ2v) is 25.0. The predicted molar refractivity (Wildman–Crippen MR) is 331 cm³/mol. The highest BCUT2D eigenvalue weighted by Crippen LogP contribution is 2.38. The zero-order valence-electron chi connectivity index (χ0n) is 51.3. The molecule has 9 nitrogen and oxygen atoms in total. The average molecular weight is 1100 g/mol. The molecular formula is C67H127N2O7P. The minimum atomic E-state index is -4.68. The van der Waals surface area contributed by atoms with Crippen LogP contribution < -0.4 is 10.2 Å². The van der Waals surface area contributed by atoms with Crippen molar-refractivity contribution in [3.05, 3.63) is 60.8 Å². The van der Waals surface area contributed by atoms with Crippen molar-refractivity contribution >= 4 is 13.7 Å². The van der Waals surface area contributed by atoms with Gasteiger partial charge in [0.2, 0.25) is 5.91 Å². The van der Waals surface area contributed by atoms with Crippen molar-refractivity contribution in [1.82, 2.24) is 5.32 Å². The Hall–Kier alpha value is -1.84. The molecule has 0 aromatic rings. The first-order valence-corrected chi connectivity index (χ1v) is 34.2.